The van der Waals surface area contributed by atoms with Crippen molar-refractivity contribution >= 4 is 31.6 Å². The van der Waals surface area contributed by atoms with Crippen LogP contribution >= 0.6 is 15.9 Å². The number of hydrogen-bond donors (Lipinski definition) is 2. The van der Waals surface area contributed by atoms with Gasteiger partial charge in [0.1, 0.15) is 0 Å². The zero-order valence-electron chi connectivity index (χ0n) is 11.9. The van der Waals surface area contributed by atoms with Crippen LogP contribution in [-0.2, 0) is 16.6 Å². The molecule has 21 heavy (non-hydrogen) atoms. The van der Waals surface area contributed by atoms with E-state index in [9.17, 15) is 8.42 Å². The molecular weight excluding hydrogens is 352 g/mol. The average molecular weight is 369 g/mol. The summed E-state index contributed by atoms with van der Waals surface area (Å²) >= 11 is 3.27. The maximum absolute atomic E-state index is 12.4. The van der Waals surface area contributed by atoms with Gasteiger partial charge in [-0.25, -0.2) is 13.1 Å². The molecule has 0 unspecified atom stereocenters. The SMILES string of the molecule is Cc1cccc(CNS(=O)(=O)c2cc(Br)cc(N)c2C)c1. The third-order valence-electron chi connectivity index (χ3n) is 3.20. The van der Waals surface area contributed by atoms with Gasteiger partial charge in [0.2, 0.25) is 10.0 Å². The Labute approximate surface area is 133 Å². The first-order chi connectivity index (χ1) is 9.79. The molecule has 0 saturated carbocycles. The molecule has 6 heteroatoms. The summed E-state index contributed by atoms with van der Waals surface area (Å²) in [5.74, 6) is 0. The van der Waals surface area contributed by atoms with Gasteiger partial charge in [-0.1, -0.05) is 45.8 Å². The molecule has 3 N–H and O–H groups in total. The molecule has 0 atom stereocenters. The van der Waals surface area contributed by atoms with E-state index in [0.29, 0.717) is 15.7 Å². The van der Waals surface area contributed by atoms with E-state index in [1.165, 1.54) is 0 Å². The van der Waals surface area contributed by atoms with E-state index in [1.807, 2.05) is 31.2 Å². The Morgan fingerprint density at radius 3 is 2.57 bits per heavy atom. The molecule has 0 aliphatic rings. The zero-order valence-corrected chi connectivity index (χ0v) is 14.3. The lowest BCUT2D eigenvalue weighted by Crippen LogP contribution is -2.24. The summed E-state index contributed by atoms with van der Waals surface area (Å²) in [5.41, 5.74) is 8.83. The van der Waals surface area contributed by atoms with Crippen molar-refractivity contribution in [3.8, 4) is 0 Å². The summed E-state index contributed by atoms with van der Waals surface area (Å²) in [6.45, 7) is 3.91. The Morgan fingerprint density at radius 2 is 1.90 bits per heavy atom. The smallest absolute Gasteiger partial charge is 0.241 e. The number of nitrogens with two attached hydrogens (primary N) is 1. The van der Waals surface area contributed by atoms with Gasteiger partial charge in [-0.2, -0.15) is 0 Å². The van der Waals surface area contributed by atoms with Crippen LogP contribution in [-0.4, -0.2) is 8.42 Å². The van der Waals surface area contributed by atoms with Crippen molar-refractivity contribution in [1.82, 2.24) is 4.72 Å². The third kappa shape index (κ3) is 3.84. The average Bonchev–Trinajstić information content (AvgIpc) is 2.41. The molecular formula is C15H17BrN2O2S. The zero-order chi connectivity index (χ0) is 15.6. The third-order valence-corrected chi connectivity index (χ3v) is 5.19. The molecule has 0 aliphatic heterocycles. The Morgan fingerprint density at radius 1 is 1.19 bits per heavy atom. The molecule has 0 bridgehead atoms. The van der Waals surface area contributed by atoms with Crippen LogP contribution in [0.15, 0.2) is 45.8 Å². The van der Waals surface area contributed by atoms with E-state index >= 15 is 0 Å². The van der Waals surface area contributed by atoms with Crippen LogP contribution in [0.25, 0.3) is 0 Å². The normalized spacial score (nSPS) is 11.6. The fourth-order valence-corrected chi connectivity index (χ4v) is 3.97. The van der Waals surface area contributed by atoms with Crippen LogP contribution in [0.2, 0.25) is 0 Å². The number of nitrogen functional groups attached to an aromatic ring is 1. The van der Waals surface area contributed by atoms with Gasteiger partial charge in [-0.15, -0.1) is 0 Å². The predicted molar refractivity (Wildman–Crippen MR) is 88.5 cm³/mol. The van der Waals surface area contributed by atoms with Crippen LogP contribution < -0.4 is 10.5 Å². The molecule has 0 saturated heterocycles. The first kappa shape index (κ1) is 16.0. The summed E-state index contributed by atoms with van der Waals surface area (Å²) in [5, 5.41) is 0. The van der Waals surface area contributed by atoms with Gasteiger partial charge in [0.05, 0.1) is 4.90 Å². The molecule has 4 nitrogen and oxygen atoms in total. The summed E-state index contributed by atoms with van der Waals surface area (Å²) in [4.78, 5) is 0.196. The second kappa shape index (κ2) is 6.17. The van der Waals surface area contributed by atoms with Gasteiger partial charge in [-0.3, -0.25) is 0 Å². The van der Waals surface area contributed by atoms with Crippen molar-refractivity contribution in [2.75, 3.05) is 5.73 Å². The number of halogens is 1. The number of hydrogen-bond acceptors (Lipinski definition) is 3. The van der Waals surface area contributed by atoms with Crippen molar-refractivity contribution in [2.24, 2.45) is 0 Å². The van der Waals surface area contributed by atoms with Crippen LogP contribution in [0.4, 0.5) is 5.69 Å². The fraction of sp³-hybridized carbons (Fsp3) is 0.200. The summed E-state index contributed by atoms with van der Waals surface area (Å²) < 4.78 is 28.1. The second-order valence-electron chi connectivity index (χ2n) is 4.93. The lowest BCUT2D eigenvalue weighted by Gasteiger charge is -2.12. The minimum Gasteiger partial charge on any atom is -0.398 e. The first-order valence-electron chi connectivity index (χ1n) is 6.40. The van der Waals surface area contributed by atoms with Gasteiger partial charge in [0.15, 0.2) is 0 Å². The second-order valence-corrected chi connectivity index (χ2v) is 7.58. The molecule has 2 aromatic carbocycles. The number of aryl methyl sites for hydroxylation is 1. The number of nitrogens with one attached hydrogen (secondary N) is 1. The molecule has 0 aliphatic carbocycles. The van der Waals surface area contributed by atoms with Crippen molar-refractivity contribution in [2.45, 2.75) is 25.3 Å². The highest BCUT2D eigenvalue weighted by Crippen LogP contribution is 2.26. The fourth-order valence-electron chi connectivity index (χ4n) is 2.03. The lowest BCUT2D eigenvalue weighted by molar-refractivity contribution is 0.580. The largest absolute Gasteiger partial charge is 0.398 e. The molecule has 2 rings (SSSR count). The lowest BCUT2D eigenvalue weighted by atomic mass is 10.1. The summed E-state index contributed by atoms with van der Waals surface area (Å²) in [6, 6.07) is 11.0. The maximum atomic E-state index is 12.4. The van der Waals surface area contributed by atoms with Crippen LogP contribution in [0.5, 0.6) is 0 Å². The van der Waals surface area contributed by atoms with Gasteiger partial charge < -0.3 is 5.73 Å². The minimum atomic E-state index is -3.61. The van der Waals surface area contributed by atoms with Crippen LogP contribution in [0.1, 0.15) is 16.7 Å². The predicted octanol–water partition coefficient (Wildman–Crippen LogP) is 3.13. The highest BCUT2D eigenvalue weighted by atomic mass is 79.9. The van der Waals surface area contributed by atoms with Crippen molar-refractivity contribution < 1.29 is 8.42 Å². The van der Waals surface area contributed by atoms with Gasteiger partial charge in [0, 0.05) is 16.7 Å². The number of sulfonamides is 1. The van der Waals surface area contributed by atoms with E-state index in [1.54, 1.807) is 19.1 Å². The molecule has 0 radical (unpaired) electrons. The minimum absolute atomic E-state index is 0.196. The van der Waals surface area contributed by atoms with E-state index in [-0.39, 0.29) is 11.4 Å². The number of anilines is 1. The van der Waals surface area contributed by atoms with Gasteiger partial charge in [0.25, 0.3) is 0 Å². The Bertz CT molecular complexity index is 773. The van der Waals surface area contributed by atoms with Gasteiger partial charge >= 0.3 is 0 Å². The molecule has 0 fully saturated rings. The number of benzene rings is 2. The Hall–Kier alpha value is -1.37. The topological polar surface area (TPSA) is 72.2 Å². The Balaban J connectivity index is 2.27. The summed E-state index contributed by atoms with van der Waals surface area (Å²) in [7, 11) is -3.61. The van der Waals surface area contributed by atoms with Crippen molar-refractivity contribution in [3.05, 3.63) is 57.6 Å². The maximum Gasteiger partial charge on any atom is 0.241 e. The molecule has 0 amide bonds. The first-order valence-corrected chi connectivity index (χ1v) is 8.68. The highest BCUT2D eigenvalue weighted by Gasteiger charge is 2.18. The van der Waals surface area contributed by atoms with Crippen molar-refractivity contribution in [1.29, 1.82) is 0 Å². The van der Waals surface area contributed by atoms with E-state index in [4.69, 9.17) is 5.73 Å². The van der Waals surface area contributed by atoms with E-state index in [2.05, 4.69) is 20.7 Å². The van der Waals surface area contributed by atoms with E-state index in [0.717, 1.165) is 11.1 Å². The standard InChI is InChI=1S/C15H17BrN2O2S/c1-10-4-3-5-12(6-10)9-18-21(19,20)15-8-13(16)7-14(17)11(15)2/h3-8,18H,9,17H2,1-2H3. The van der Waals surface area contributed by atoms with Crippen LogP contribution in [0.3, 0.4) is 0 Å². The summed E-state index contributed by atoms with van der Waals surface area (Å²) in [6.07, 6.45) is 0. The van der Waals surface area contributed by atoms with Gasteiger partial charge in [-0.05, 0) is 37.1 Å². The van der Waals surface area contributed by atoms with Crippen LogP contribution in [0, 0.1) is 13.8 Å². The van der Waals surface area contributed by atoms with E-state index < -0.39 is 10.0 Å². The monoisotopic (exact) mass is 368 g/mol. The Kier molecular flexibility index (Phi) is 4.70. The molecule has 2 aromatic rings. The highest BCUT2D eigenvalue weighted by molar-refractivity contribution is 9.10. The molecule has 0 aromatic heterocycles. The molecule has 112 valence electrons. The molecule has 0 spiro atoms. The number of rotatable bonds is 4. The van der Waals surface area contributed by atoms with Crippen molar-refractivity contribution in [3.63, 3.8) is 0 Å². The molecule has 0 heterocycles. The quantitative estimate of drug-likeness (QED) is 0.814.